The van der Waals surface area contributed by atoms with Gasteiger partial charge in [0.1, 0.15) is 0 Å². The van der Waals surface area contributed by atoms with Gasteiger partial charge in [0.2, 0.25) is 0 Å². The monoisotopic (exact) mass is 290 g/mol. The molecule has 1 saturated heterocycles. The molecular weight excluding hydrogens is 260 g/mol. The van der Waals surface area contributed by atoms with Gasteiger partial charge in [-0.1, -0.05) is 6.42 Å². The van der Waals surface area contributed by atoms with Crippen LogP contribution in [0, 0.1) is 0 Å². The molecule has 0 amide bonds. The topological polar surface area (TPSA) is 36.9 Å². The Labute approximate surface area is 118 Å². The van der Waals surface area contributed by atoms with Gasteiger partial charge in [-0.3, -0.25) is 0 Å². The lowest BCUT2D eigenvalue weighted by atomic mass is 10.2. The lowest BCUT2D eigenvalue weighted by Crippen LogP contribution is -2.33. The number of unbranched alkanes of at least 4 members (excludes halogenated alkanes) is 1. The summed E-state index contributed by atoms with van der Waals surface area (Å²) in [5, 5.41) is 0. The van der Waals surface area contributed by atoms with Crippen molar-refractivity contribution >= 4 is 8.32 Å². The van der Waals surface area contributed by atoms with Gasteiger partial charge in [-0.15, -0.1) is 0 Å². The predicted octanol–water partition coefficient (Wildman–Crippen LogP) is 2.83. The minimum Gasteiger partial charge on any atom is -0.415 e. The van der Waals surface area contributed by atoms with Gasteiger partial charge >= 0.3 is 0 Å². The molecule has 0 aromatic carbocycles. The van der Waals surface area contributed by atoms with Crippen LogP contribution in [0.3, 0.4) is 0 Å². The van der Waals surface area contributed by atoms with Gasteiger partial charge in [-0.25, -0.2) is 0 Å². The first-order valence-electron chi connectivity index (χ1n) is 7.46. The summed E-state index contributed by atoms with van der Waals surface area (Å²) in [7, 11) is 0.191. The summed E-state index contributed by atoms with van der Waals surface area (Å²) in [5.41, 5.74) is 0. The van der Waals surface area contributed by atoms with Gasteiger partial charge in [-0.05, 0) is 38.4 Å². The Bertz CT molecular complexity index is 217. The van der Waals surface area contributed by atoms with E-state index in [1.54, 1.807) is 7.11 Å². The van der Waals surface area contributed by atoms with E-state index in [1.165, 1.54) is 18.9 Å². The SMILES string of the molecule is COCCOCCCC[Si](C)(C)OCC1CCCO1. The normalized spacial score (nSPS) is 20.1. The Morgan fingerprint density at radius 1 is 1.16 bits per heavy atom. The first kappa shape index (κ1) is 17.1. The fourth-order valence-electron chi connectivity index (χ4n) is 2.17. The molecule has 1 heterocycles. The highest BCUT2D eigenvalue weighted by molar-refractivity contribution is 6.71. The van der Waals surface area contributed by atoms with Crippen molar-refractivity contribution in [2.24, 2.45) is 0 Å². The van der Waals surface area contributed by atoms with Crippen LogP contribution in [0.1, 0.15) is 25.7 Å². The van der Waals surface area contributed by atoms with E-state index < -0.39 is 8.32 Å². The highest BCUT2D eigenvalue weighted by Gasteiger charge is 2.25. The lowest BCUT2D eigenvalue weighted by molar-refractivity contribution is 0.0638. The smallest absolute Gasteiger partial charge is 0.186 e. The first-order chi connectivity index (χ1) is 9.14. The summed E-state index contributed by atoms with van der Waals surface area (Å²) >= 11 is 0. The zero-order valence-corrected chi connectivity index (χ0v) is 13.8. The standard InChI is InChI=1S/C14H30O4Si/c1-15-10-11-16-8-4-5-12-19(2,3)18-13-14-7-6-9-17-14/h14H,4-13H2,1-3H3. The van der Waals surface area contributed by atoms with Gasteiger partial charge in [0.25, 0.3) is 0 Å². The second-order valence-corrected chi connectivity index (χ2v) is 10.1. The molecule has 0 aromatic heterocycles. The van der Waals surface area contributed by atoms with E-state index >= 15 is 0 Å². The number of hydrogen-bond acceptors (Lipinski definition) is 4. The van der Waals surface area contributed by atoms with Crippen LogP contribution in [0.5, 0.6) is 0 Å². The van der Waals surface area contributed by atoms with E-state index in [0.29, 0.717) is 19.3 Å². The number of methoxy groups -OCH3 is 1. The summed E-state index contributed by atoms with van der Waals surface area (Å²) in [6.45, 7) is 8.52. The molecule has 1 aliphatic rings. The maximum Gasteiger partial charge on any atom is 0.186 e. The zero-order valence-electron chi connectivity index (χ0n) is 12.8. The average Bonchev–Trinajstić information content (AvgIpc) is 2.89. The van der Waals surface area contributed by atoms with Crippen molar-refractivity contribution in [1.82, 2.24) is 0 Å². The zero-order chi connectivity index (χ0) is 14.0. The summed E-state index contributed by atoms with van der Waals surface area (Å²) in [4.78, 5) is 0. The summed E-state index contributed by atoms with van der Waals surface area (Å²) < 4.78 is 22.1. The third-order valence-electron chi connectivity index (χ3n) is 3.43. The Hall–Kier alpha value is 0.0569. The van der Waals surface area contributed by atoms with Gasteiger partial charge in [0.05, 0.1) is 25.9 Å². The van der Waals surface area contributed by atoms with Crippen LogP contribution in [0.2, 0.25) is 19.1 Å². The van der Waals surface area contributed by atoms with E-state index in [2.05, 4.69) is 13.1 Å². The molecule has 4 nitrogen and oxygen atoms in total. The number of rotatable bonds is 11. The van der Waals surface area contributed by atoms with Gasteiger partial charge in [-0.2, -0.15) is 0 Å². The van der Waals surface area contributed by atoms with Crippen LogP contribution >= 0.6 is 0 Å². The molecule has 114 valence electrons. The highest BCUT2D eigenvalue weighted by Crippen LogP contribution is 2.19. The van der Waals surface area contributed by atoms with E-state index in [1.807, 2.05) is 0 Å². The van der Waals surface area contributed by atoms with E-state index in [0.717, 1.165) is 32.7 Å². The summed E-state index contributed by atoms with van der Waals surface area (Å²) in [6, 6.07) is 1.20. The third kappa shape index (κ3) is 8.76. The second-order valence-electron chi connectivity index (χ2n) is 5.77. The summed E-state index contributed by atoms with van der Waals surface area (Å²) in [6.07, 6.45) is 5.01. The molecule has 19 heavy (non-hydrogen) atoms. The molecule has 0 aromatic rings. The van der Waals surface area contributed by atoms with Gasteiger partial charge < -0.3 is 18.6 Å². The molecular formula is C14H30O4Si. The van der Waals surface area contributed by atoms with Gasteiger partial charge in [0.15, 0.2) is 8.32 Å². The van der Waals surface area contributed by atoms with Gasteiger partial charge in [0, 0.05) is 20.3 Å². The molecule has 1 atom stereocenters. The lowest BCUT2D eigenvalue weighted by Gasteiger charge is -2.24. The average molecular weight is 290 g/mol. The molecule has 0 N–H and O–H groups in total. The predicted molar refractivity (Wildman–Crippen MR) is 79.1 cm³/mol. The van der Waals surface area contributed by atoms with Crippen LogP contribution in [-0.4, -0.2) is 54.6 Å². The molecule has 0 radical (unpaired) electrons. The highest BCUT2D eigenvalue weighted by atomic mass is 28.4. The van der Waals surface area contributed by atoms with Crippen molar-refractivity contribution in [1.29, 1.82) is 0 Å². The van der Waals surface area contributed by atoms with Crippen molar-refractivity contribution in [2.75, 3.05) is 40.1 Å². The van der Waals surface area contributed by atoms with Crippen molar-refractivity contribution in [3.05, 3.63) is 0 Å². The molecule has 1 fully saturated rings. The maximum absolute atomic E-state index is 6.11. The maximum atomic E-state index is 6.11. The van der Waals surface area contributed by atoms with E-state index in [-0.39, 0.29) is 0 Å². The molecule has 0 spiro atoms. The van der Waals surface area contributed by atoms with Crippen LogP contribution in [-0.2, 0) is 18.6 Å². The van der Waals surface area contributed by atoms with Crippen molar-refractivity contribution in [3.8, 4) is 0 Å². The quantitative estimate of drug-likeness (QED) is 0.433. The van der Waals surface area contributed by atoms with Crippen molar-refractivity contribution in [3.63, 3.8) is 0 Å². The number of ether oxygens (including phenoxy) is 3. The van der Waals surface area contributed by atoms with Crippen molar-refractivity contribution in [2.45, 2.75) is 50.9 Å². The minimum atomic E-state index is -1.51. The largest absolute Gasteiger partial charge is 0.415 e. The van der Waals surface area contributed by atoms with Crippen molar-refractivity contribution < 1.29 is 18.6 Å². The second kappa shape index (κ2) is 9.88. The molecule has 0 bridgehead atoms. The van der Waals surface area contributed by atoms with E-state index in [4.69, 9.17) is 18.6 Å². The minimum absolute atomic E-state index is 0.351. The Balaban J connectivity index is 1.96. The summed E-state index contributed by atoms with van der Waals surface area (Å²) in [5.74, 6) is 0. The van der Waals surface area contributed by atoms with E-state index in [9.17, 15) is 0 Å². The fraction of sp³-hybridized carbons (Fsp3) is 1.00. The molecule has 0 saturated carbocycles. The molecule has 1 aliphatic heterocycles. The Morgan fingerprint density at radius 3 is 2.68 bits per heavy atom. The van der Waals surface area contributed by atoms with Crippen LogP contribution in [0.4, 0.5) is 0 Å². The third-order valence-corrected chi connectivity index (χ3v) is 5.94. The first-order valence-corrected chi connectivity index (χ1v) is 10.6. The number of hydrogen-bond donors (Lipinski definition) is 0. The van der Waals surface area contributed by atoms with Crippen LogP contribution in [0.15, 0.2) is 0 Å². The fourth-order valence-corrected chi connectivity index (χ4v) is 4.05. The molecule has 1 unspecified atom stereocenters. The molecule has 5 heteroatoms. The van der Waals surface area contributed by atoms with Crippen LogP contribution in [0.25, 0.3) is 0 Å². The molecule has 0 aliphatic carbocycles. The Morgan fingerprint density at radius 2 is 2.00 bits per heavy atom. The molecule has 1 rings (SSSR count). The Kier molecular flexibility index (Phi) is 8.90. The van der Waals surface area contributed by atoms with Crippen LogP contribution < -0.4 is 0 Å².